The molecule has 5 nitrogen and oxygen atoms in total. The first-order valence-electron chi connectivity index (χ1n) is 12.7. The molecular formula is C28H33NO4. The molecule has 2 aromatic carbocycles. The molecule has 5 atom stereocenters. The number of ether oxygens (including phenoxy) is 2. The zero-order valence-corrected chi connectivity index (χ0v) is 19.1. The molecule has 1 unspecified atom stereocenters. The van der Waals surface area contributed by atoms with Crippen LogP contribution in [0.15, 0.2) is 42.5 Å². The molecule has 0 aromatic heterocycles. The Hall–Kier alpha value is -2.08. The van der Waals surface area contributed by atoms with Gasteiger partial charge in [-0.3, -0.25) is 4.90 Å². The maximum Gasteiger partial charge on any atom is 0.165 e. The zero-order chi connectivity index (χ0) is 22.2. The lowest BCUT2D eigenvalue weighted by molar-refractivity contribution is -0.200. The van der Waals surface area contributed by atoms with Gasteiger partial charge in [0.25, 0.3) is 0 Å². The van der Waals surface area contributed by atoms with Gasteiger partial charge in [-0.1, -0.05) is 36.4 Å². The van der Waals surface area contributed by atoms with Crippen LogP contribution in [0.25, 0.3) is 0 Å². The summed E-state index contributed by atoms with van der Waals surface area (Å²) < 4.78 is 13.0. The average molecular weight is 448 g/mol. The van der Waals surface area contributed by atoms with Crippen LogP contribution in [0.1, 0.15) is 48.8 Å². The smallest absolute Gasteiger partial charge is 0.165 e. The maximum atomic E-state index is 12.5. The highest BCUT2D eigenvalue weighted by atomic mass is 16.5. The van der Waals surface area contributed by atoms with Crippen molar-refractivity contribution in [1.29, 1.82) is 0 Å². The Morgan fingerprint density at radius 3 is 2.70 bits per heavy atom. The van der Waals surface area contributed by atoms with Crippen molar-refractivity contribution in [1.82, 2.24) is 4.90 Å². The van der Waals surface area contributed by atoms with E-state index >= 15 is 0 Å². The van der Waals surface area contributed by atoms with E-state index in [4.69, 9.17) is 9.47 Å². The van der Waals surface area contributed by atoms with Crippen LogP contribution in [-0.4, -0.2) is 52.6 Å². The fraction of sp³-hybridized carbons (Fsp3) is 0.571. The molecule has 2 heterocycles. The number of benzene rings is 2. The maximum absolute atomic E-state index is 12.5. The summed E-state index contributed by atoms with van der Waals surface area (Å²) in [5, 5.41) is 22.7. The van der Waals surface area contributed by atoms with Crippen molar-refractivity contribution in [2.45, 2.75) is 68.3 Å². The fourth-order valence-corrected chi connectivity index (χ4v) is 7.61. The second-order valence-corrected chi connectivity index (χ2v) is 11.0. The van der Waals surface area contributed by atoms with Gasteiger partial charge in [0.1, 0.15) is 12.7 Å². The van der Waals surface area contributed by atoms with Gasteiger partial charge < -0.3 is 19.7 Å². The van der Waals surface area contributed by atoms with Crippen LogP contribution in [0, 0.1) is 11.8 Å². The number of hydrogen-bond acceptors (Lipinski definition) is 5. The summed E-state index contributed by atoms with van der Waals surface area (Å²) in [6.45, 7) is 2.69. The molecule has 1 saturated heterocycles. The summed E-state index contributed by atoms with van der Waals surface area (Å²) in [4.78, 5) is 2.58. The first-order chi connectivity index (χ1) is 16.1. The van der Waals surface area contributed by atoms with Crippen LogP contribution in [0.5, 0.6) is 11.5 Å². The van der Waals surface area contributed by atoms with Crippen molar-refractivity contribution in [3.05, 3.63) is 59.2 Å². The lowest BCUT2D eigenvalue weighted by Crippen LogP contribution is -2.76. The van der Waals surface area contributed by atoms with Gasteiger partial charge in [-0.2, -0.15) is 0 Å². The van der Waals surface area contributed by atoms with Crippen LogP contribution >= 0.6 is 0 Å². The topological polar surface area (TPSA) is 62.2 Å². The van der Waals surface area contributed by atoms with Crippen LogP contribution in [0.2, 0.25) is 0 Å². The van der Waals surface area contributed by atoms with Gasteiger partial charge >= 0.3 is 0 Å². The molecule has 5 heteroatoms. The molecule has 33 heavy (non-hydrogen) atoms. The Labute approximate surface area is 195 Å². The average Bonchev–Trinajstić information content (AvgIpc) is 3.58. The molecule has 2 N–H and O–H groups in total. The number of piperidine rings is 1. The number of likely N-dealkylation sites (tertiary alicyclic amines) is 1. The molecule has 2 aromatic rings. The lowest BCUT2D eigenvalue weighted by atomic mass is 9.47. The molecule has 2 aliphatic heterocycles. The second kappa shape index (κ2) is 7.21. The van der Waals surface area contributed by atoms with Gasteiger partial charge in [-0.05, 0) is 68.2 Å². The minimum Gasteiger partial charge on any atom is -0.485 e. The second-order valence-electron chi connectivity index (χ2n) is 11.0. The molecule has 2 bridgehead atoms. The molecule has 3 fully saturated rings. The number of aliphatic hydroxyl groups is 2. The Balaban J connectivity index is 1.32. The SMILES string of the molecule is OC[C@H]1CC[C@@]2(O)[C@H]3Cc4ccc(OCc5ccccc5)c5c4C2(CCN3CC2CC2)[C@H]1O5. The Morgan fingerprint density at radius 2 is 1.91 bits per heavy atom. The first-order valence-corrected chi connectivity index (χ1v) is 12.7. The zero-order valence-electron chi connectivity index (χ0n) is 19.1. The van der Waals surface area contributed by atoms with Crippen LogP contribution in [0.4, 0.5) is 0 Å². The summed E-state index contributed by atoms with van der Waals surface area (Å²) in [6, 6.07) is 14.6. The molecular weight excluding hydrogens is 414 g/mol. The van der Waals surface area contributed by atoms with Crippen molar-refractivity contribution in [3.8, 4) is 11.5 Å². The van der Waals surface area contributed by atoms with Gasteiger partial charge in [0.05, 0.1) is 11.0 Å². The molecule has 7 rings (SSSR count). The molecule has 2 saturated carbocycles. The highest BCUT2D eigenvalue weighted by Crippen LogP contribution is 2.66. The highest BCUT2D eigenvalue weighted by molar-refractivity contribution is 5.62. The number of aliphatic hydroxyl groups excluding tert-OH is 1. The van der Waals surface area contributed by atoms with E-state index in [0.717, 1.165) is 61.8 Å². The van der Waals surface area contributed by atoms with Gasteiger partial charge in [0.2, 0.25) is 0 Å². The van der Waals surface area contributed by atoms with Crippen molar-refractivity contribution >= 4 is 0 Å². The molecule has 0 radical (unpaired) electrons. The van der Waals surface area contributed by atoms with Gasteiger partial charge in [0, 0.05) is 30.7 Å². The van der Waals surface area contributed by atoms with Gasteiger partial charge in [-0.25, -0.2) is 0 Å². The van der Waals surface area contributed by atoms with Crippen molar-refractivity contribution in [2.24, 2.45) is 11.8 Å². The summed E-state index contributed by atoms with van der Waals surface area (Å²) in [7, 11) is 0. The van der Waals surface area contributed by atoms with Crippen molar-refractivity contribution < 1.29 is 19.7 Å². The van der Waals surface area contributed by atoms with Gasteiger partial charge in [-0.15, -0.1) is 0 Å². The Bertz CT molecular complexity index is 1070. The third kappa shape index (κ3) is 2.76. The van der Waals surface area contributed by atoms with E-state index < -0.39 is 11.0 Å². The van der Waals surface area contributed by atoms with E-state index in [1.54, 1.807) is 0 Å². The van der Waals surface area contributed by atoms with E-state index in [0.29, 0.717) is 6.61 Å². The highest BCUT2D eigenvalue weighted by Gasteiger charge is 2.72. The first kappa shape index (κ1) is 20.3. The largest absolute Gasteiger partial charge is 0.485 e. The van der Waals surface area contributed by atoms with E-state index in [1.165, 1.54) is 24.0 Å². The summed E-state index contributed by atoms with van der Waals surface area (Å²) in [6.07, 6.45) is 5.75. The Morgan fingerprint density at radius 1 is 1.06 bits per heavy atom. The van der Waals surface area contributed by atoms with E-state index in [1.807, 2.05) is 18.2 Å². The van der Waals surface area contributed by atoms with Gasteiger partial charge in [0.15, 0.2) is 11.5 Å². The summed E-state index contributed by atoms with van der Waals surface area (Å²) >= 11 is 0. The quantitative estimate of drug-likeness (QED) is 0.710. The standard InChI is InChI=1S/C28H33NO4/c30-16-21-10-11-28(31)23-14-20-8-9-22(32-17-19-4-2-1-3-5-19)25-24(20)27(28,26(21)33-25)12-13-29(23)15-18-6-7-18/h1-5,8-9,18,21,23,26,30-31H,6-7,10-17H2/t21-,23-,26+,27?,28-/m1/s1. The lowest BCUT2D eigenvalue weighted by Gasteiger charge is -2.64. The van der Waals surface area contributed by atoms with Crippen molar-refractivity contribution in [3.63, 3.8) is 0 Å². The van der Waals surface area contributed by atoms with Crippen molar-refractivity contribution in [2.75, 3.05) is 19.7 Å². The number of hydrogen-bond donors (Lipinski definition) is 2. The Kier molecular flexibility index (Phi) is 4.44. The summed E-state index contributed by atoms with van der Waals surface area (Å²) in [5.74, 6) is 2.43. The fourth-order valence-electron chi connectivity index (χ4n) is 7.61. The predicted molar refractivity (Wildman–Crippen MR) is 124 cm³/mol. The molecule has 174 valence electrons. The predicted octanol–water partition coefficient (Wildman–Crippen LogP) is 3.44. The molecule has 5 aliphatic rings. The normalized spacial score (nSPS) is 36.2. The van der Waals surface area contributed by atoms with E-state index in [2.05, 4.69) is 29.2 Å². The van der Waals surface area contributed by atoms with Crippen LogP contribution in [-0.2, 0) is 18.4 Å². The number of rotatable bonds is 6. The molecule has 1 spiro atoms. The number of nitrogens with zero attached hydrogens (tertiary/aromatic N) is 1. The monoisotopic (exact) mass is 447 g/mol. The molecule has 3 aliphatic carbocycles. The minimum absolute atomic E-state index is 0.0428. The summed E-state index contributed by atoms with van der Waals surface area (Å²) in [5.41, 5.74) is 2.34. The van der Waals surface area contributed by atoms with E-state index in [-0.39, 0.29) is 24.7 Å². The van der Waals surface area contributed by atoms with Crippen LogP contribution < -0.4 is 9.47 Å². The van der Waals surface area contributed by atoms with E-state index in [9.17, 15) is 10.2 Å². The third-order valence-corrected chi connectivity index (χ3v) is 9.34. The third-order valence-electron chi connectivity index (χ3n) is 9.34. The van der Waals surface area contributed by atoms with Crippen LogP contribution in [0.3, 0.4) is 0 Å². The minimum atomic E-state index is -0.813. The molecule has 0 amide bonds.